The van der Waals surface area contributed by atoms with Gasteiger partial charge in [0.2, 0.25) is 23.8 Å². The number of alkyl halides is 8. The number of piperidine rings is 1. The van der Waals surface area contributed by atoms with Crippen molar-refractivity contribution in [1.82, 2.24) is 77.6 Å². The number of anilines is 3. The lowest BCUT2D eigenvalue weighted by molar-refractivity contribution is -0.136. The van der Waals surface area contributed by atoms with Crippen LogP contribution in [0.25, 0.3) is 77.0 Å². The number of amides is 1. The average molecular weight is 2020 g/mol. The molecule has 1 amide bonds. The van der Waals surface area contributed by atoms with Crippen LogP contribution in [0.3, 0.4) is 0 Å². The quantitative estimate of drug-likeness (QED) is 0.0419. The van der Waals surface area contributed by atoms with Crippen molar-refractivity contribution in [2.24, 2.45) is 34.1 Å². The van der Waals surface area contributed by atoms with Gasteiger partial charge < -0.3 is 58.3 Å². The van der Waals surface area contributed by atoms with Crippen LogP contribution in [0.1, 0.15) is 120 Å². The number of carbonyl (C=O) groups excluding carboxylic acids is 1. The third-order valence-electron chi connectivity index (χ3n) is 27.1. The SMILES string of the molecule is CC.Cc1ccc(OC(F)F)c(Cn2c3cc(-c4cnc(N5CCC[C@@H](C)C5)nc4)ccc3c(=O)n2C)c1.Cc1ccc(OC(F)F)c(Cn2c3cc(-c4cnc(N5CCN(C(=O)CO)[C@@H](C)C5)nc4)ccc3c(=O)n2C)c1.Cc1ccc(OC(F)F)c(Cn2c3cc(-c4cnc(N5CCN[C@@H](C)C5)nc4)ccc3c(=O)n2C)c1.Cc1ccc(OC(F)F)c(Cn2c3cc(B4OC(C)(C)C(C)(C)O4)ccc3c(=O)n2C)c1. The molecule has 0 saturated carbocycles. The summed E-state index contributed by atoms with van der Waals surface area (Å²) < 4.78 is 148. The third-order valence-corrected chi connectivity index (χ3v) is 27.1. The molecule has 3 atom stereocenters. The fourth-order valence-electron chi connectivity index (χ4n) is 18.7. The second kappa shape index (κ2) is 45.0. The number of benzene rings is 8. The molecule has 4 aliphatic heterocycles. The van der Waals surface area contributed by atoms with E-state index in [0.29, 0.717) is 109 Å². The number of rotatable bonds is 24. The molecule has 0 unspecified atom stereocenters. The molecule has 19 rings (SSSR count). The lowest BCUT2D eigenvalue weighted by Gasteiger charge is -2.39. The Bertz CT molecular complexity index is 7240. The number of aromatic nitrogens is 14. The van der Waals surface area contributed by atoms with E-state index in [1.54, 1.807) is 149 Å². The van der Waals surface area contributed by atoms with Gasteiger partial charge in [-0.15, -0.1) is 0 Å². The molecule has 4 aliphatic rings. The molecule has 0 bridgehead atoms. The Hall–Kier alpha value is -14.5. The molecule has 7 aromatic heterocycles. The molecule has 40 heteroatoms. The van der Waals surface area contributed by atoms with E-state index in [4.69, 9.17) is 28.3 Å². The van der Waals surface area contributed by atoms with Crippen molar-refractivity contribution in [3.05, 3.63) is 269 Å². The first-order valence-corrected chi connectivity index (χ1v) is 48.3. The molecule has 0 radical (unpaired) electrons. The van der Waals surface area contributed by atoms with E-state index in [1.807, 2.05) is 142 Å². The van der Waals surface area contributed by atoms with Crippen molar-refractivity contribution in [2.45, 2.75) is 179 Å². The zero-order valence-corrected chi connectivity index (χ0v) is 84.6. The Labute approximate surface area is 838 Å². The Morgan fingerprint density at radius 2 is 0.733 bits per heavy atom. The zero-order valence-electron chi connectivity index (χ0n) is 84.6. The van der Waals surface area contributed by atoms with Gasteiger partial charge in [-0.05, 0) is 183 Å². The normalized spacial score (nSPS) is 16.2. The maximum absolute atomic E-state index is 13.0. The Kier molecular flexibility index (Phi) is 32.6. The van der Waals surface area contributed by atoms with Gasteiger partial charge in [-0.2, -0.15) is 35.1 Å². The molecule has 0 aliphatic carbocycles. The van der Waals surface area contributed by atoms with E-state index in [2.05, 4.69) is 58.9 Å². The molecule has 770 valence electrons. The van der Waals surface area contributed by atoms with Crippen molar-refractivity contribution in [1.29, 1.82) is 0 Å². The van der Waals surface area contributed by atoms with Gasteiger partial charge in [0, 0.05) is 169 Å². The van der Waals surface area contributed by atoms with Gasteiger partial charge in [-0.25, -0.2) is 29.9 Å². The number of hydrogen-bond acceptors (Lipinski definition) is 22. The molecule has 146 heavy (non-hydrogen) atoms. The first-order valence-electron chi connectivity index (χ1n) is 48.3. The van der Waals surface area contributed by atoms with Gasteiger partial charge in [0.25, 0.3) is 22.2 Å². The molecule has 0 spiro atoms. The van der Waals surface area contributed by atoms with Crippen LogP contribution in [0.5, 0.6) is 23.0 Å². The van der Waals surface area contributed by atoms with Crippen LogP contribution in [0.4, 0.5) is 53.0 Å². The van der Waals surface area contributed by atoms with Crippen LogP contribution in [0, 0.1) is 33.6 Å². The highest BCUT2D eigenvalue weighted by molar-refractivity contribution is 6.62. The van der Waals surface area contributed by atoms with Crippen LogP contribution in [-0.2, 0) is 68.5 Å². The van der Waals surface area contributed by atoms with E-state index in [0.717, 1.165) is 106 Å². The fourth-order valence-corrected chi connectivity index (χ4v) is 18.7. The predicted octanol–water partition coefficient (Wildman–Crippen LogP) is 16.0. The smallest absolute Gasteiger partial charge is 0.434 e. The number of ether oxygens (including phenoxy) is 4. The van der Waals surface area contributed by atoms with Crippen molar-refractivity contribution >= 4 is 79.9 Å². The number of nitrogens with one attached hydrogen (secondary N) is 1. The average Bonchev–Trinajstić information content (AvgIpc) is 1.66. The second-order valence-corrected chi connectivity index (χ2v) is 37.9. The number of aliphatic hydroxyl groups excluding tert-OH is 1. The molecule has 8 aromatic carbocycles. The highest BCUT2D eigenvalue weighted by Gasteiger charge is 2.52. The van der Waals surface area contributed by atoms with Crippen molar-refractivity contribution in [3.8, 4) is 56.4 Å². The summed E-state index contributed by atoms with van der Waals surface area (Å²) in [5, 5.41) is 14.7. The predicted molar refractivity (Wildman–Crippen MR) is 547 cm³/mol. The standard InChI is InChI=1S/C28H30F2N6O4.C27H29F2N5O2.C26H28F2N6O2.C23H27BF2N2O4.C2H6/c1-17-4-7-24(40-27(29)30)20(10-17)15-36-23-11-19(5-6-22(23)26(39)33(36)3)21-12-31-28(32-13-21)34-8-9-35(18(2)14-34)25(38)16-37;1-17-6-9-24(36-26(28)29)20(11-17)16-34-23-12-19(7-8-22(23)25(35)32(34)3)21-13-30-27(31-14-21)33-10-4-5-18(2)15-33;1-16-4-7-23(36-25(27)28)19(10-16)15-34-22-11-18(5-6-21(22)24(35)32(34)3)20-12-30-26(31-13-20)33-9-8-29-17(2)14-33;1-14-7-10-19(30-21(25)26)15(11-14)13-28-18-12-16(8-9-17(18)20(29)27(28)6)24-31-22(2,3)23(4,5)32-24;1-2/h4-7,10-13,18,27,37H,8-9,14-16H2,1-3H3;6-9,11-14,18,26H,4-5,10,15-16H2,1-3H3;4-7,10-13,17,25,29H,8-9,14-15H2,1-3H3;7-12,21H,13H2,1-6H3;1-2H3/t2*18-;17-;;/m010../s1. The fraction of sp³-hybridized carbons (Fsp3) is 0.387. The van der Waals surface area contributed by atoms with Crippen LogP contribution in [-0.4, -0.2) is 199 Å². The zero-order chi connectivity index (χ0) is 105. The summed E-state index contributed by atoms with van der Waals surface area (Å²) in [6.45, 7) is 20.2. The van der Waals surface area contributed by atoms with E-state index in [1.165, 1.54) is 49.4 Å². The Morgan fingerprint density at radius 3 is 1.04 bits per heavy atom. The van der Waals surface area contributed by atoms with E-state index in [9.17, 15) is 64.2 Å². The maximum atomic E-state index is 13.0. The van der Waals surface area contributed by atoms with Gasteiger partial charge in [0.15, 0.2) is 0 Å². The number of carbonyl (C=O) groups is 1. The molecule has 31 nitrogen and oxygen atoms in total. The summed E-state index contributed by atoms with van der Waals surface area (Å²) >= 11 is 0. The second-order valence-electron chi connectivity index (χ2n) is 37.9. The minimum Gasteiger partial charge on any atom is -0.434 e. The topological polar surface area (TPSA) is 303 Å². The van der Waals surface area contributed by atoms with Crippen molar-refractivity contribution in [3.63, 3.8) is 0 Å². The van der Waals surface area contributed by atoms with Crippen LogP contribution in [0.2, 0.25) is 0 Å². The molecule has 15 aromatic rings. The first kappa shape index (κ1) is 106. The largest absolute Gasteiger partial charge is 0.494 e. The Balaban J connectivity index is 0.000000146. The molecule has 2 N–H and O–H groups in total. The first-order chi connectivity index (χ1) is 69.6. The van der Waals surface area contributed by atoms with E-state index >= 15 is 0 Å². The van der Waals surface area contributed by atoms with Gasteiger partial charge in [-0.1, -0.05) is 116 Å². The number of aliphatic hydroxyl groups is 1. The maximum Gasteiger partial charge on any atom is 0.494 e. The highest BCUT2D eigenvalue weighted by atomic mass is 19.3. The molecule has 11 heterocycles. The van der Waals surface area contributed by atoms with Crippen molar-refractivity contribution < 1.29 is 73.3 Å². The third kappa shape index (κ3) is 23.5. The minimum absolute atomic E-state index is 0.0610. The summed E-state index contributed by atoms with van der Waals surface area (Å²) in [6, 6.07) is 42.4. The van der Waals surface area contributed by atoms with Gasteiger partial charge in [0.1, 0.15) is 29.6 Å². The van der Waals surface area contributed by atoms with Crippen LogP contribution >= 0.6 is 0 Å². The number of piperazine rings is 2. The number of aryl methyl sites for hydroxylation is 4. The highest BCUT2D eigenvalue weighted by Crippen LogP contribution is 2.39. The number of fused-ring (bicyclic) bond motifs is 4. The summed E-state index contributed by atoms with van der Waals surface area (Å²) in [5.74, 6) is 2.62. The van der Waals surface area contributed by atoms with Gasteiger partial charge in [0.05, 0.1) is 81.0 Å². The number of nitrogens with zero attached hydrogens (tertiary/aromatic N) is 18. The summed E-state index contributed by atoms with van der Waals surface area (Å²) in [4.78, 5) is 99.0. The summed E-state index contributed by atoms with van der Waals surface area (Å²) in [6.07, 6.45) is 13.0. The van der Waals surface area contributed by atoms with Gasteiger partial charge >= 0.3 is 33.6 Å². The summed E-state index contributed by atoms with van der Waals surface area (Å²) in [7, 11) is 6.05. The van der Waals surface area contributed by atoms with Gasteiger partial charge in [-0.3, -0.25) is 61.4 Å². The van der Waals surface area contributed by atoms with Crippen LogP contribution in [0.15, 0.2) is 202 Å². The number of hydrogen-bond donors (Lipinski definition) is 2. The summed E-state index contributed by atoms with van der Waals surface area (Å²) in [5.41, 5.74) is 12.5. The molecular weight excluding hydrogens is 1890 g/mol. The lowest BCUT2D eigenvalue weighted by Crippen LogP contribution is -2.55. The Morgan fingerprint density at radius 1 is 0.418 bits per heavy atom. The molecule has 4 fully saturated rings. The monoisotopic (exact) mass is 2010 g/mol. The van der Waals surface area contributed by atoms with E-state index in [-0.39, 0.29) is 83.4 Å². The van der Waals surface area contributed by atoms with E-state index < -0.39 is 51.4 Å². The minimum atomic E-state index is -2.96. The van der Waals surface area contributed by atoms with Crippen LogP contribution < -0.4 is 66.7 Å². The molecule has 4 saturated heterocycles. The molecular formula is C106H120BF8N19O12. The lowest BCUT2D eigenvalue weighted by atomic mass is 9.79. The van der Waals surface area contributed by atoms with Crippen molar-refractivity contribution in [2.75, 3.05) is 73.7 Å². The number of halogens is 8.